The Morgan fingerprint density at radius 2 is 0.942 bits per heavy atom. The number of carbonyl (C=O) groups is 5. The van der Waals surface area contributed by atoms with Crippen molar-refractivity contribution in [2.45, 2.75) is 96.2 Å². The van der Waals surface area contributed by atoms with Crippen molar-refractivity contribution in [1.82, 2.24) is 66.2 Å². The minimum atomic E-state index is -1.06. The molecule has 5 rings (SSSR count). The van der Waals surface area contributed by atoms with Crippen molar-refractivity contribution in [3.63, 3.8) is 0 Å². The summed E-state index contributed by atoms with van der Waals surface area (Å²) in [4.78, 5) is 100. The molecule has 11 N–H and O–H groups in total. The van der Waals surface area contributed by atoms with Gasteiger partial charge in [0.15, 0.2) is 0 Å². The molecule has 86 heavy (non-hydrogen) atoms. The highest BCUT2D eigenvalue weighted by molar-refractivity contribution is 5.76. The first-order valence-corrected chi connectivity index (χ1v) is 32.3. The van der Waals surface area contributed by atoms with E-state index in [1.165, 1.54) is 11.1 Å². The van der Waals surface area contributed by atoms with E-state index in [4.69, 9.17) is 0 Å². The van der Waals surface area contributed by atoms with Gasteiger partial charge in [0.1, 0.15) is 23.7 Å². The molecule has 0 radical (unpaired) electrons. The van der Waals surface area contributed by atoms with Crippen LogP contribution in [0.15, 0.2) is 33.9 Å². The van der Waals surface area contributed by atoms with Crippen molar-refractivity contribution in [1.29, 1.82) is 0 Å². The van der Waals surface area contributed by atoms with Crippen LogP contribution in [0.4, 0.5) is 11.4 Å². The van der Waals surface area contributed by atoms with Crippen LogP contribution in [0.5, 0.6) is 0 Å². The molecule has 3 saturated heterocycles. The molecule has 0 aliphatic carbocycles. The van der Waals surface area contributed by atoms with Crippen LogP contribution in [0.2, 0.25) is 0 Å². The fraction of sp³-hybridized carbons (Fsp3) is 0.754. The number of aldehydes is 1. The first kappa shape index (κ1) is 71.7. The molecular weight excluding hydrogens is 1100 g/mol. The maximum Gasteiger partial charge on any atom is 0.320 e. The average Bonchev–Trinajstić information content (AvgIpc) is 1.12. The van der Waals surface area contributed by atoms with E-state index in [0.717, 1.165) is 188 Å². The number of hydrogen-bond donors (Lipinski definition) is 11. The molecule has 0 aromatic heterocycles. The van der Waals surface area contributed by atoms with Gasteiger partial charge in [0, 0.05) is 144 Å². The third-order valence-electron chi connectivity index (χ3n) is 16.4. The Labute approximate surface area is 510 Å². The van der Waals surface area contributed by atoms with E-state index in [1.54, 1.807) is 14.7 Å². The minimum Gasteiger partial charge on any atom is -0.480 e. The number of aliphatic carboxylic acids is 3. The molecule has 25 heteroatoms. The lowest BCUT2D eigenvalue weighted by Gasteiger charge is -2.35. The Hall–Kier alpha value is -5.03. The third kappa shape index (κ3) is 30.3. The second-order valence-corrected chi connectivity index (χ2v) is 23.3. The SMILES string of the molecule is O=CCN1CCN(CC(=O)O)CCN(CC(=O)O)CCN(C(CCCNc2c(NCCCCCNC(=O)CCCCN3CCCN(Cc4ccc(CN5CCCNCCNCCCNCC5)cc4)CCNCCCNCC3)c(=O)c2=O)C(=O)O)CC1. The molecule has 1 unspecified atom stereocenters. The van der Waals surface area contributed by atoms with E-state index < -0.39 is 34.8 Å². The Morgan fingerprint density at radius 3 is 1.49 bits per heavy atom. The van der Waals surface area contributed by atoms with E-state index in [2.05, 4.69) is 81.5 Å². The summed E-state index contributed by atoms with van der Waals surface area (Å²) in [5, 5.41) is 56.6. The van der Waals surface area contributed by atoms with Crippen LogP contribution >= 0.6 is 0 Å². The topological polar surface area (TPSA) is 299 Å². The number of rotatable bonds is 29. The summed E-state index contributed by atoms with van der Waals surface area (Å²) in [5.41, 5.74) is 1.89. The molecule has 2 aromatic carbocycles. The van der Waals surface area contributed by atoms with Crippen molar-refractivity contribution in [2.24, 2.45) is 0 Å². The fourth-order valence-electron chi connectivity index (χ4n) is 11.4. The van der Waals surface area contributed by atoms with Crippen molar-refractivity contribution >= 4 is 41.5 Å². The number of anilines is 2. The Morgan fingerprint density at radius 1 is 0.477 bits per heavy atom. The van der Waals surface area contributed by atoms with Gasteiger partial charge >= 0.3 is 17.9 Å². The molecule has 3 aliphatic heterocycles. The second kappa shape index (κ2) is 43.6. The number of carboxylic acid groups (broad SMARTS) is 3. The molecule has 0 spiro atoms. The smallest absolute Gasteiger partial charge is 0.320 e. The zero-order chi connectivity index (χ0) is 61.4. The number of unbranched alkanes of at least 4 members (excludes halogenated alkanes) is 3. The molecule has 2 aromatic rings. The molecule has 3 heterocycles. The van der Waals surface area contributed by atoms with E-state index in [1.807, 2.05) is 4.90 Å². The normalized spacial score (nSPS) is 19.7. The number of nitrogens with zero attached hydrogens (tertiary/aromatic N) is 7. The summed E-state index contributed by atoms with van der Waals surface area (Å²) in [6.07, 6.45) is 10.3. The van der Waals surface area contributed by atoms with Crippen molar-refractivity contribution in [3.8, 4) is 0 Å². The third-order valence-corrected chi connectivity index (χ3v) is 16.4. The quantitative estimate of drug-likeness (QED) is 0.0279. The van der Waals surface area contributed by atoms with Gasteiger partial charge in [0.2, 0.25) is 5.91 Å². The minimum absolute atomic E-state index is 0.0549. The lowest BCUT2D eigenvalue weighted by atomic mass is 10.1. The summed E-state index contributed by atoms with van der Waals surface area (Å²) in [7, 11) is 0. The van der Waals surface area contributed by atoms with Crippen molar-refractivity contribution in [2.75, 3.05) is 214 Å². The summed E-state index contributed by atoms with van der Waals surface area (Å²) < 4.78 is 0. The number of hydrogen-bond acceptors (Lipinski definition) is 21. The van der Waals surface area contributed by atoms with E-state index in [0.29, 0.717) is 45.6 Å². The summed E-state index contributed by atoms with van der Waals surface area (Å²) in [6.45, 7) is 22.3. The van der Waals surface area contributed by atoms with Gasteiger partial charge in [0.05, 0.1) is 19.6 Å². The van der Waals surface area contributed by atoms with Gasteiger partial charge < -0.3 is 67.5 Å². The predicted octanol–water partition coefficient (Wildman–Crippen LogP) is -0.472. The second-order valence-electron chi connectivity index (χ2n) is 23.3. The van der Waals surface area contributed by atoms with Crippen LogP contribution in [-0.4, -0.2) is 289 Å². The maximum absolute atomic E-state index is 12.8. The highest BCUT2D eigenvalue weighted by atomic mass is 16.4. The summed E-state index contributed by atoms with van der Waals surface area (Å²) in [6, 6.07) is 8.36. The van der Waals surface area contributed by atoms with E-state index in [9.17, 15) is 48.9 Å². The average molecular weight is 1210 g/mol. The molecular formula is C61H107N15O10. The number of nitrogens with one attached hydrogen (secondary N) is 8. The standard InChI is InChI=1S/C61H107N15O10/c77-46-45-71-37-38-74(49-55(79)80)39-40-75(50-56(81)82)42-44-76(43-41-71)53(61(85)86)11-6-24-69-58-57(59(83)60(58)84)68-23-4-1-3-22-67-54(78)12-2-5-30-70-32-10-33-73(36-29-66-20-8-19-64-27-34-70)48-52-15-13-51(14-16-52)47-72-31-9-21-63-26-25-62-17-7-18-65-28-35-72/h13-16,46,53,62-66,68-69H,1-12,17-45,47-50H2,(H,67,78)(H,79,80)(H,81,82)(H,85,86). The van der Waals surface area contributed by atoms with Crippen LogP contribution in [0, 0.1) is 0 Å². The van der Waals surface area contributed by atoms with Crippen LogP contribution < -0.4 is 53.4 Å². The zero-order valence-electron chi connectivity index (χ0n) is 51.6. The van der Waals surface area contributed by atoms with Crippen LogP contribution in [-0.2, 0) is 37.1 Å². The lowest BCUT2D eigenvalue weighted by Crippen LogP contribution is -2.51. The van der Waals surface area contributed by atoms with Crippen molar-refractivity contribution < 1.29 is 39.3 Å². The Bertz CT molecular complexity index is 2280. The van der Waals surface area contributed by atoms with Crippen LogP contribution in [0.1, 0.15) is 88.2 Å². The van der Waals surface area contributed by atoms with Crippen LogP contribution in [0.25, 0.3) is 0 Å². The van der Waals surface area contributed by atoms with Crippen LogP contribution in [0.3, 0.4) is 0 Å². The number of amides is 1. The van der Waals surface area contributed by atoms with Crippen molar-refractivity contribution in [3.05, 3.63) is 55.8 Å². The largest absolute Gasteiger partial charge is 0.480 e. The lowest BCUT2D eigenvalue weighted by molar-refractivity contribution is -0.144. The van der Waals surface area contributed by atoms with Gasteiger partial charge in [-0.05, 0) is 141 Å². The molecule has 0 bridgehead atoms. The predicted molar refractivity (Wildman–Crippen MR) is 338 cm³/mol. The summed E-state index contributed by atoms with van der Waals surface area (Å²) in [5.74, 6) is -3.08. The molecule has 25 nitrogen and oxygen atoms in total. The molecule has 0 saturated carbocycles. The van der Waals surface area contributed by atoms with E-state index >= 15 is 0 Å². The highest BCUT2D eigenvalue weighted by Gasteiger charge is 2.28. The molecule has 486 valence electrons. The monoisotopic (exact) mass is 1210 g/mol. The maximum atomic E-state index is 12.8. The van der Waals surface area contributed by atoms with Gasteiger partial charge in [-0.25, -0.2) is 0 Å². The fourth-order valence-corrected chi connectivity index (χ4v) is 11.4. The van der Waals surface area contributed by atoms with Gasteiger partial charge in [-0.1, -0.05) is 24.3 Å². The van der Waals surface area contributed by atoms with Gasteiger partial charge in [-0.3, -0.25) is 58.2 Å². The highest BCUT2D eigenvalue weighted by Crippen LogP contribution is 2.17. The molecule has 1 amide bonds. The van der Waals surface area contributed by atoms with Gasteiger partial charge in [-0.2, -0.15) is 0 Å². The first-order chi connectivity index (χ1) is 41.9. The number of carboxylic acids is 3. The molecule has 1 atom stereocenters. The van der Waals surface area contributed by atoms with Gasteiger partial charge in [0.25, 0.3) is 10.9 Å². The number of benzene rings is 1. The Kier molecular flexibility index (Phi) is 36.3. The molecule has 3 aliphatic rings. The Balaban J connectivity index is 0.964. The molecule has 3 fully saturated rings. The summed E-state index contributed by atoms with van der Waals surface area (Å²) >= 11 is 0. The number of carbonyl (C=O) groups excluding carboxylic acids is 2. The van der Waals surface area contributed by atoms with E-state index in [-0.39, 0.29) is 82.6 Å². The zero-order valence-corrected chi connectivity index (χ0v) is 51.6. The first-order valence-electron chi connectivity index (χ1n) is 32.3. The van der Waals surface area contributed by atoms with Gasteiger partial charge in [-0.15, -0.1) is 0 Å².